The first-order valence-electron chi connectivity index (χ1n) is 6.81. The molecule has 0 amide bonds. The third-order valence-corrected chi connectivity index (χ3v) is 3.34. The largest absolute Gasteiger partial charge is 0.466 e. The third kappa shape index (κ3) is 3.45. The van der Waals surface area contributed by atoms with Gasteiger partial charge >= 0.3 is 5.97 Å². The van der Waals surface area contributed by atoms with Crippen LogP contribution in [-0.2, 0) is 9.53 Å². The minimum Gasteiger partial charge on any atom is -0.466 e. The molecule has 0 spiro atoms. The lowest BCUT2D eigenvalue weighted by Gasteiger charge is -2.26. The van der Waals surface area contributed by atoms with Crippen molar-refractivity contribution >= 4 is 22.7 Å². The molecule has 0 aliphatic heterocycles. The zero-order chi connectivity index (χ0) is 15.4. The average molecular weight is 291 g/mol. The van der Waals surface area contributed by atoms with E-state index in [0.29, 0.717) is 23.3 Å². The molecule has 0 aliphatic rings. The first-order chi connectivity index (χ1) is 10.0. The van der Waals surface area contributed by atoms with Crippen molar-refractivity contribution in [3.8, 4) is 0 Å². The van der Waals surface area contributed by atoms with Crippen LogP contribution in [-0.4, -0.2) is 35.6 Å². The van der Waals surface area contributed by atoms with Crippen LogP contribution in [0.4, 0.5) is 10.2 Å². The van der Waals surface area contributed by atoms with Crippen molar-refractivity contribution in [2.24, 2.45) is 0 Å². The van der Waals surface area contributed by atoms with Gasteiger partial charge in [-0.2, -0.15) is 0 Å². The number of carbonyl (C=O) groups is 1. The summed E-state index contributed by atoms with van der Waals surface area (Å²) in [7, 11) is 1.82. The average Bonchev–Trinajstić information content (AvgIpc) is 2.46. The van der Waals surface area contributed by atoms with Crippen molar-refractivity contribution in [2.45, 2.75) is 26.3 Å². The predicted octanol–water partition coefficient (Wildman–Crippen LogP) is 2.55. The van der Waals surface area contributed by atoms with Crippen LogP contribution in [0, 0.1) is 5.82 Å². The van der Waals surface area contributed by atoms with Crippen molar-refractivity contribution in [3.63, 3.8) is 0 Å². The van der Waals surface area contributed by atoms with Gasteiger partial charge in [0.2, 0.25) is 0 Å². The Labute approximate surface area is 122 Å². The van der Waals surface area contributed by atoms with E-state index in [2.05, 4.69) is 9.97 Å². The normalized spacial score (nSPS) is 12.2. The van der Waals surface area contributed by atoms with Gasteiger partial charge in [-0.05, 0) is 32.0 Å². The van der Waals surface area contributed by atoms with Gasteiger partial charge in [0, 0.05) is 18.5 Å². The topological polar surface area (TPSA) is 55.3 Å². The fourth-order valence-corrected chi connectivity index (χ4v) is 2.10. The molecule has 0 bridgehead atoms. The summed E-state index contributed by atoms with van der Waals surface area (Å²) in [5.41, 5.74) is 0.664. The van der Waals surface area contributed by atoms with Gasteiger partial charge in [-0.15, -0.1) is 0 Å². The number of nitrogens with zero attached hydrogens (tertiary/aromatic N) is 3. The Morgan fingerprint density at radius 1 is 1.43 bits per heavy atom. The molecule has 5 nitrogen and oxygen atoms in total. The maximum atomic E-state index is 13.4. The maximum Gasteiger partial charge on any atom is 0.307 e. The van der Waals surface area contributed by atoms with Crippen molar-refractivity contribution in [2.75, 3.05) is 18.6 Å². The minimum atomic E-state index is -0.343. The summed E-state index contributed by atoms with van der Waals surface area (Å²) in [5, 5.41) is 0.621. The van der Waals surface area contributed by atoms with Gasteiger partial charge in [0.05, 0.1) is 18.5 Å². The van der Waals surface area contributed by atoms with E-state index < -0.39 is 0 Å². The highest BCUT2D eigenvalue weighted by atomic mass is 19.1. The number of benzene rings is 1. The van der Waals surface area contributed by atoms with Gasteiger partial charge in [0.1, 0.15) is 18.0 Å². The molecule has 6 heteroatoms. The number of ether oxygens (including phenoxy) is 1. The Bertz CT molecular complexity index is 648. The van der Waals surface area contributed by atoms with Crippen LogP contribution in [0.15, 0.2) is 24.5 Å². The first kappa shape index (κ1) is 15.2. The highest BCUT2D eigenvalue weighted by molar-refractivity contribution is 5.89. The molecule has 1 heterocycles. The summed E-state index contributed by atoms with van der Waals surface area (Å²) in [6.07, 6.45) is 1.67. The minimum absolute atomic E-state index is 0.120. The van der Waals surface area contributed by atoms with E-state index in [0.717, 1.165) is 0 Å². The second-order valence-corrected chi connectivity index (χ2v) is 4.83. The molecule has 112 valence electrons. The number of hydrogen-bond acceptors (Lipinski definition) is 5. The smallest absolute Gasteiger partial charge is 0.307 e. The fraction of sp³-hybridized carbons (Fsp3) is 0.400. The Morgan fingerprint density at radius 2 is 2.19 bits per heavy atom. The van der Waals surface area contributed by atoms with Crippen molar-refractivity contribution < 1.29 is 13.9 Å². The van der Waals surface area contributed by atoms with Crippen LogP contribution in [0.3, 0.4) is 0 Å². The zero-order valence-electron chi connectivity index (χ0n) is 12.3. The first-order valence-corrected chi connectivity index (χ1v) is 6.81. The molecule has 2 rings (SSSR count). The Kier molecular flexibility index (Phi) is 4.67. The number of carbonyl (C=O) groups excluding carboxylic acids is 1. The lowest BCUT2D eigenvalue weighted by Crippen LogP contribution is -2.32. The summed E-state index contributed by atoms with van der Waals surface area (Å²) in [5.74, 6) is -0.0114. The van der Waals surface area contributed by atoms with Crippen molar-refractivity contribution in [1.82, 2.24) is 9.97 Å². The van der Waals surface area contributed by atoms with Gasteiger partial charge < -0.3 is 9.64 Å². The van der Waals surface area contributed by atoms with E-state index >= 15 is 0 Å². The SMILES string of the molecule is CCOC(=O)CC(C)N(C)c1ncnc2ccc(F)cc12. The monoisotopic (exact) mass is 291 g/mol. The summed E-state index contributed by atoms with van der Waals surface area (Å²) in [6, 6.07) is 4.25. The summed E-state index contributed by atoms with van der Waals surface area (Å²) < 4.78 is 18.4. The number of anilines is 1. The third-order valence-electron chi connectivity index (χ3n) is 3.34. The maximum absolute atomic E-state index is 13.4. The number of rotatable bonds is 5. The lowest BCUT2D eigenvalue weighted by atomic mass is 10.1. The van der Waals surface area contributed by atoms with Gasteiger partial charge in [-0.1, -0.05) is 0 Å². The molecule has 0 saturated heterocycles. The second-order valence-electron chi connectivity index (χ2n) is 4.83. The molecule has 1 unspecified atom stereocenters. The quantitative estimate of drug-likeness (QED) is 0.792. The summed E-state index contributed by atoms with van der Waals surface area (Å²) >= 11 is 0. The van der Waals surface area contributed by atoms with Gasteiger partial charge in [0.15, 0.2) is 0 Å². The molecule has 1 aromatic heterocycles. The molecule has 0 radical (unpaired) electrons. The highest BCUT2D eigenvalue weighted by Crippen LogP contribution is 2.24. The molecule has 0 aliphatic carbocycles. The predicted molar refractivity (Wildman–Crippen MR) is 78.6 cm³/mol. The Hall–Kier alpha value is -2.24. The van der Waals surface area contributed by atoms with E-state index in [1.165, 1.54) is 18.5 Å². The zero-order valence-corrected chi connectivity index (χ0v) is 12.3. The summed E-state index contributed by atoms with van der Waals surface area (Å²) in [4.78, 5) is 21.7. The summed E-state index contributed by atoms with van der Waals surface area (Å²) in [6.45, 7) is 4.02. The number of aromatic nitrogens is 2. The second kappa shape index (κ2) is 6.47. The van der Waals surface area contributed by atoms with Gasteiger partial charge in [0.25, 0.3) is 0 Å². The molecule has 21 heavy (non-hydrogen) atoms. The Balaban J connectivity index is 2.28. The van der Waals surface area contributed by atoms with E-state index in [-0.39, 0.29) is 24.2 Å². The number of hydrogen-bond donors (Lipinski definition) is 0. The van der Waals surface area contributed by atoms with Crippen LogP contribution in [0.2, 0.25) is 0 Å². The van der Waals surface area contributed by atoms with Crippen LogP contribution in [0.5, 0.6) is 0 Å². The van der Waals surface area contributed by atoms with Gasteiger partial charge in [-0.3, -0.25) is 4.79 Å². The standard InChI is InChI=1S/C15H18FN3O2/c1-4-21-14(20)7-10(2)19(3)15-12-8-11(16)5-6-13(12)17-9-18-15/h5-6,8-10H,4,7H2,1-3H3. The molecule has 0 N–H and O–H groups in total. The van der Waals surface area contributed by atoms with Gasteiger partial charge in [-0.25, -0.2) is 14.4 Å². The van der Waals surface area contributed by atoms with Crippen molar-refractivity contribution in [1.29, 1.82) is 0 Å². The Morgan fingerprint density at radius 3 is 2.90 bits per heavy atom. The molecule has 0 saturated carbocycles. The molecule has 1 aromatic carbocycles. The molecule has 2 aromatic rings. The number of fused-ring (bicyclic) bond motifs is 1. The lowest BCUT2D eigenvalue weighted by molar-refractivity contribution is -0.143. The van der Waals surface area contributed by atoms with Crippen LogP contribution < -0.4 is 4.90 Å². The van der Waals surface area contributed by atoms with Crippen LogP contribution in [0.25, 0.3) is 10.9 Å². The van der Waals surface area contributed by atoms with E-state index in [9.17, 15) is 9.18 Å². The number of esters is 1. The van der Waals surface area contributed by atoms with E-state index in [1.54, 1.807) is 13.0 Å². The molecular weight excluding hydrogens is 273 g/mol. The van der Waals surface area contributed by atoms with E-state index in [4.69, 9.17) is 4.74 Å². The molecule has 0 fully saturated rings. The fourth-order valence-electron chi connectivity index (χ4n) is 2.10. The van der Waals surface area contributed by atoms with Crippen molar-refractivity contribution in [3.05, 3.63) is 30.3 Å². The number of halogens is 1. The highest BCUT2D eigenvalue weighted by Gasteiger charge is 2.18. The van der Waals surface area contributed by atoms with Crippen LogP contribution in [0.1, 0.15) is 20.3 Å². The molecule has 1 atom stereocenters. The van der Waals surface area contributed by atoms with Crippen LogP contribution >= 0.6 is 0 Å². The van der Waals surface area contributed by atoms with E-state index in [1.807, 2.05) is 18.9 Å². The molecular formula is C15H18FN3O2.